The number of allylic oxidation sites excluding steroid dienone is 4. The molecule has 1 atom stereocenters. The molecule has 3 aromatic rings. The van der Waals surface area contributed by atoms with E-state index in [1.807, 2.05) is 85.1 Å². The molecule has 1 unspecified atom stereocenters. The van der Waals surface area contributed by atoms with Crippen molar-refractivity contribution in [1.82, 2.24) is 4.98 Å². The average molecular weight is 404 g/mol. The van der Waals surface area contributed by atoms with Gasteiger partial charge in [-0.2, -0.15) is 10.8 Å². The fourth-order valence-electron chi connectivity index (χ4n) is 3.84. The van der Waals surface area contributed by atoms with Crippen molar-refractivity contribution < 1.29 is 9.33 Å². The third kappa shape index (κ3) is 2.85. The van der Waals surface area contributed by atoms with E-state index in [1.54, 1.807) is 12.4 Å². The Kier molecular flexibility index (Phi) is 3.83. The van der Waals surface area contributed by atoms with Crippen molar-refractivity contribution >= 4 is 23.0 Å². The van der Waals surface area contributed by atoms with Gasteiger partial charge in [0.25, 0.3) is 5.84 Å². The van der Waals surface area contributed by atoms with Crippen molar-refractivity contribution in [1.29, 1.82) is 0 Å². The zero-order valence-corrected chi connectivity index (χ0v) is 16.5. The number of rotatable bonds is 4. The molecule has 0 saturated heterocycles. The summed E-state index contributed by atoms with van der Waals surface area (Å²) in [6.45, 7) is 0. The Morgan fingerprint density at radius 1 is 0.968 bits per heavy atom. The van der Waals surface area contributed by atoms with Gasteiger partial charge in [-0.25, -0.2) is 4.98 Å². The van der Waals surface area contributed by atoms with Gasteiger partial charge in [-0.15, -0.1) is 4.59 Å². The van der Waals surface area contributed by atoms with Gasteiger partial charge in [-0.05, 0) is 30.3 Å². The van der Waals surface area contributed by atoms with Crippen LogP contribution < -0.4 is 10.6 Å². The molecule has 0 radical (unpaired) electrons. The Hall–Kier alpha value is -4.13. The maximum atomic E-state index is 6.80. The number of aliphatic imine (C=N–C) groups is 2. The van der Waals surface area contributed by atoms with Crippen LogP contribution in [0.3, 0.4) is 0 Å². The maximum Gasteiger partial charge on any atom is 0.265 e. The van der Waals surface area contributed by atoms with Crippen LogP contribution in [0, 0.1) is 0 Å². The summed E-state index contributed by atoms with van der Waals surface area (Å²) in [4.78, 5) is 13.9. The molecule has 0 saturated carbocycles. The predicted molar refractivity (Wildman–Crippen MR) is 121 cm³/mol. The van der Waals surface area contributed by atoms with E-state index in [0.29, 0.717) is 5.88 Å². The molecule has 3 aliphatic rings. The monoisotopic (exact) mass is 404 g/mol. The van der Waals surface area contributed by atoms with Crippen molar-refractivity contribution in [3.63, 3.8) is 0 Å². The van der Waals surface area contributed by atoms with Crippen LogP contribution in [0.25, 0.3) is 10.9 Å². The Bertz CT molecular complexity index is 1410. The summed E-state index contributed by atoms with van der Waals surface area (Å²) in [5, 5.41) is 1.01. The first-order chi connectivity index (χ1) is 15.2. The quantitative estimate of drug-likeness (QED) is 0.504. The van der Waals surface area contributed by atoms with Gasteiger partial charge in [0.2, 0.25) is 11.6 Å². The SMILES string of the molecule is N[N+]12C=CN=CC1=C(C1=CC=C1)N=C2c1ccc2ccc(Oc3ccccc3)nc2c1. The second-order valence-corrected chi connectivity index (χ2v) is 7.48. The molecule has 0 amide bonds. The number of para-hydroxylation sites is 1. The average Bonchev–Trinajstić information content (AvgIpc) is 3.05. The molecule has 31 heavy (non-hydrogen) atoms. The highest BCUT2D eigenvalue weighted by Gasteiger charge is 2.44. The highest BCUT2D eigenvalue weighted by molar-refractivity contribution is 6.03. The van der Waals surface area contributed by atoms with Gasteiger partial charge in [0, 0.05) is 17.0 Å². The van der Waals surface area contributed by atoms with E-state index < -0.39 is 0 Å². The van der Waals surface area contributed by atoms with Crippen molar-refractivity contribution in [2.75, 3.05) is 0 Å². The lowest BCUT2D eigenvalue weighted by Gasteiger charge is -2.26. The molecule has 6 rings (SSSR count). The molecule has 2 N–H and O–H groups in total. The van der Waals surface area contributed by atoms with E-state index in [-0.39, 0.29) is 4.59 Å². The minimum Gasteiger partial charge on any atom is -0.439 e. The van der Waals surface area contributed by atoms with Crippen LogP contribution >= 0.6 is 0 Å². The van der Waals surface area contributed by atoms with E-state index in [4.69, 9.17) is 20.6 Å². The number of hydrogen-bond donors (Lipinski definition) is 1. The van der Waals surface area contributed by atoms with E-state index in [2.05, 4.69) is 4.99 Å². The number of hydrogen-bond acceptors (Lipinski definition) is 5. The minimum absolute atomic E-state index is 0.0181. The zero-order chi connectivity index (χ0) is 20.8. The van der Waals surface area contributed by atoms with E-state index in [9.17, 15) is 0 Å². The molecule has 2 aromatic carbocycles. The first kappa shape index (κ1) is 17.7. The summed E-state index contributed by atoms with van der Waals surface area (Å²) in [5.74, 6) is 8.81. The van der Waals surface area contributed by atoms with Crippen molar-refractivity contribution in [3.05, 3.63) is 114 Å². The fraction of sp³-hybridized carbons (Fsp3) is 0. The number of amidine groups is 1. The summed E-state index contributed by atoms with van der Waals surface area (Å²) in [6.07, 6.45) is 11.4. The van der Waals surface area contributed by atoms with Gasteiger partial charge in [0.1, 0.15) is 17.6 Å². The second-order valence-electron chi connectivity index (χ2n) is 7.48. The van der Waals surface area contributed by atoms with Gasteiger partial charge in [0.15, 0.2) is 0 Å². The number of nitrogens with zero attached hydrogens (tertiary/aromatic N) is 4. The number of ether oxygens (including phenoxy) is 1. The van der Waals surface area contributed by atoms with Crippen LogP contribution in [0.2, 0.25) is 0 Å². The van der Waals surface area contributed by atoms with Crippen molar-refractivity contribution in [3.8, 4) is 11.6 Å². The molecule has 148 valence electrons. The standard InChI is InChI=1S/C25H18N5O/c26-30-14-13-27-16-22(30)24(18-5-4-6-18)29-25(30)19-10-9-17-11-12-23(28-21(17)15-19)31-20-7-2-1-3-8-20/h1-16H,26H2/q+1. The van der Waals surface area contributed by atoms with Crippen LogP contribution in [-0.2, 0) is 0 Å². The molecular weight excluding hydrogens is 386 g/mol. The molecule has 3 heterocycles. The summed E-state index contributed by atoms with van der Waals surface area (Å²) in [7, 11) is 0. The lowest BCUT2D eigenvalue weighted by molar-refractivity contribution is -0.750. The van der Waals surface area contributed by atoms with Gasteiger partial charge >= 0.3 is 0 Å². The Morgan fingerprint density at radius 3 is 2.61 bits per heavy atom. The van der Waals surface area contributed by atoms with Gasteiger partial charge in [-0.3, -0.25) is 4.99 Å². The summed E-state index contributed by atoms with van der Waals surface area (Å²) >= 11 is 0. The molecule has 0 fully saturated rings. The summed E-state index contributed by atoms with van der Waals surface area (Å²) in [5.41, 5.74) is 4.46. The van der Waals surface area contributed by atoms with E-state index in [1.165, 1.54) is 0 Å². The van der Waals surface area contributed by atoms with Crippen LogP contribution in [0.5, 0.6) is 11.6 Å². The number of nitrogens with two attached hydrogens (primary N) is 1. The lowest BCUT2D eigenvalue weighted by atomic mass is 10.0. The van der Waals surface area contributed by atoms with Crippen LogP contribution in [0.4, 0.5) is 0 Å². The molecule has 0 spiro atoms. The maximum absolute atomic E-state index is 6.80. The highest BCUT2D eigenvalue weighted by Crippen LogP contribution is 2.36. The van der Waals surface area contributed by atoms with Gasteiger partial charge in [0.05, 0.1) is 23.5 Å². The molecule has 2 aliphatic heterocycles. The second kappa shape index (κ2) is 6.70. The summed E-state index contributed by atoms with van der Waals surface area (Å²) < 4.78 is 5.89. The number of benzene rings is 2. The van der Waals surface area contributed by atoms with Crippen molar-refractivity contribution in [2.45, 2.75) is 0 Å². The number of pyridine rings is 1. The van der Waals surface area contributed by atoms with Crippen LogP contribution in [-0.4, -0.2) is 21.6 Å². The fourth-order valence-corrected chi connectivity index (χ4v) is 3.84. The largest absolute Gasteiger partial charge is 0.439 e. The molecule has 0 bridgehead atoms. The molecule has 1 aromatic heterocycles. The molecule has 1 aliphatic carbocycles. The number of aromatic nitrogens is 1. The van der Waals surface area contributed by atoms with Gasteiger partial charge in [-0.1, -0.05) is 42.5 Å². The normalized spacial score (nSPS) is 21.1. The molecule has 6 nitrogen and oxygen atoms in total. The third-order valence-electron chi connectivity index (χ3n) is 5.51. The smallest absolute Gasteiger partial charge is 0.265 e. The highest BCUT2D eigenvalue weighted by atomic mass is 16.5. The minimum atomic E-state index is -0.0181. The summed E-state index contributed by atoms with van der Waals surface area (Å²) in [6, 6.07) is 19.6. The number of quaternary nitrogens is 1. The van der Waals surface area contributed by atoms with Crippen molar-refractivity contribution in [2.24, 2.45) is 15.8 Å². The first-order valence-electron chi connectivity index (χ1n) is 9.96. The number of fused-ring (bicyclic) bond motifs is 2. The Labute approximate surface area is 178 Å². The Morgan fingerprint density at radius 2 is 1.81 bits per heavy atom. The third-order valence-corrected chi connectivity index (χ3v) is 5.51. The topological polar surface area (TPSA) is 72.9 Å². The molecule has 6 heteroatoms. The molecular formula is C25H18N5O+. The van der Waals surface area contributed by atoms with E-state index in [0.717, 1.165) is 45.0 Å². The van der Waals surface area contributed by atoms with Crippen LogP contribution in [0.15, 0.2) is 118 Å². The van der Waals surface area contributed by atoms with Gasteiger partial charge < -0.3 is 4.74 Å². The Balaban J connectivity index is 1.41. The lowest BCUT2D eigenvalue weighted by Crippen LogP contribution is -2.53. The predicted octanol–water partition coefficient (Wildman–Crippen LogP) is 4.74. The zero-order valence-electron chi connectivity index (χ0n) is 16.5. The van der Waals surface area contributed by atoms with Crippen LogP contribution in [0.1, 0.15) is 5.56 Å². The van der Waals surface area contributed by atoms with E-state index >= 15 is 0 Å². The first-order valence-corrected chi connectivity index (χ1v) is 9.96.